The Morgan fingerprint density at radius 3 is 2.74 bits per heavy atom. The molecule has 1 amide bonds. The minimum atomic E-state index is -0.326. The number of carbonyl (C=O) groups is 1. The number of hydrogen-bond donors (Lipinski definition) is 0. The minimum absolute atomic E-state index is 0.153. The first kappa shape index (κ1) is 16.8. The second-order valence-electron chi connectivity index (χ2n) is 8.16. The van der Waals surface area contributed by atoms with Crippen molar-refractivity contribution in [2.24, 2.45) is 5.92 Å². The molecule has 0 N–H and O–H groups in total. The molecule has 6 heteroatoms. The Labute approximate surface area is 159 Å². The van der Waals surface area contributed by atoms with Crippen molar-refractivity contribution >= 4 is 5.91 Å². The third kappa shape index (κ3) is 3.57. The molecule has 1 atom stereocenters. The lowest BCUT2D eigenvalue weighted by molar-refractivity contribution is -0.141. The summed E-state index contributed by atoms with van der Waals surface area (Å²) in [5, 5.41) is 8.58. The Kier molecular flexibility index (Phi) is 4.34. The van der Waals surface area contributed by atoms with Gasteiger partial charge in [0.2, 0.25) is 0 Å². The van der Waals surface area contributed by atoms with Crippen LogP contribution < -0.4 is 4.74 Å². The number of fused-ring (bicyclic) bond motifs is 1. The zero-order valence-electron chi connectivity index (χ0n) is 15.6. The lowest BCUT2D eigenvalue weighted by Crippen LogP contribution is -2.47. The number of aryl methyl sites for hydroxylation is 1. The molecule has 1 saturated heterocycles. The SMILES string of the molecule is O=C([C@H]1CCc2ccccc2O1)N1CCC(Cn2cc(C3CC3)nn2)CC1. The molecule has 0 bridgehead atoms. The van der Waals surface area contributed by atoms with Gasteiger partial charge in [-0.25, -0.2) is 0 Å². The number of aromatic nitrogens is 3. The van der Waals surface area contributed by atoms with Gasteiger partial charge in [0, 0.05) is 31.7 Å². The van der Waals surface area contributed by atoms with Gasteiger partial charge in [0.1, 0.15) is 5.75 Å². The Morgan fingerprint density at radius 2 is 1.93 bits per heavy atom. The van der Waals surface area contributed by atoms with Gasteiger partial charge in [0.15, 0.2) is 6.10 Å². The predicted octanol–water partition coefficient (Wildman–Crippen LogP) is 2.79. The first-order valence-corrected chi connectivity index (χ1v) is 10.2. The Hall–Kier alpha value is -2.37. The van der Waals surface area contributed by atoms with E-state index in [-0.39, 0.29) is 12.0 Å². The fourth-order valence-corrected chi connectivity index (χ4v) is 4.27. The highest BCUT2D eigenvalue weighted by Gasteiger charge is 2.32. The molecule has 1 aromatic heterocycles. The third-order valence-electron chi connectivity index (χ3n) is 6.12. The molecule has 27 heavy (non-hydrogen) atoms. The van der Waals surface area contributed by atoms with Gasteiger partial charge in [-0.1, -0.05) is 23.4 Å². The number of piperidine rings is 1. The fourth-order valence-electron chi connectivity index (χ4n) is 4.27. The molecule has 1 aliphatic carbocycles. The highest BCUT2D eigenvalue weighted by atomic mass is 16.5. The smallest absolute Gasteiger partial charge is 0.263 e. The van der Waals surface area contributed by atoms with E-state index >= 15 is 0 Å². The van der Waals surface area contributed by atoms with Crippen molar-refractivity contribution in [2.45, 2.75) is 57.1 Å². The van der Waals surface area contributed by atoms with Crippen molar-refractivity contribution in [2.75, 3.05) is 13.1 Å². The normalized spacial score (nSPS) is 23.0. The molecular formula is C21H26N4O2. The van der Waals surface area contributed by atoms with Crippen molar-refractivity contribution in [3.8, 4) is 5.75 Å². The lowest BCUT2D eigenvalue weighted by Gasteiger charge is -2.35. The molecule has 5 rings (SSSR count). The van der Waals surface area contributed by atoms with Crippen LogP contribution in [0.5, 0.6) is 5.75 Å². The van der Waals surface area contributed by atoms with Crippen LogP contribution in [0.4, 0.5) is 0 Å². The van der Waals surface area contributed by atoms with Gasteiger partial charge in [-0.15, -0.1) is 5.10 Å². The molecule has 1 aromatic carbocycles. The van der Waals surface area contributed by atoms with Crippen molar-refractivity contribution < 1.29 is 9.53 Å². The number of hydrogen-bond acceptors (Lipinski definition) is 4. The van der Waals surface area contributed by atoms with E-state index in [9.17, 15) is 4.79 Å². The van der Waals surface area contributed by atoms with Gasteiger partial charge in [0.05, 0.1) is 5.69 Å². The summed E-state index contributed by atoms with van der Waals surface area (Å²) >= 11 is 0. The monoisotopic (exact) mass is 366 g/mol. The Balaban J connectivity index is 1.14. The molecule has 2 aromatic rings. The zero-order valence-corrected chi connectivity index (χ0v) is 15.6. The van der Waals surface area contributed by atoms with Gasteiger partial charge in [-0.2, -0.15) is 0 Å². The van der Waals surface area contributed by atoms with Crippen molar-refractivity contribution in [1.29, 1.82) is 0 Å². The van der Waals surface area contributed by atoms with Gasteiger partial charge in [-0.3, -0.25) is 9.48 Å². The van der Waals surface area contributed by atoms with Crippen LogP contribution in [0.15, 0.2) is 30.5 Å². The molecule has 142 valence electrons. The van der Waals surface area contributed by atoms with Gasteiger partial charge in [-0.05, 0) is 56.1 Å². The van der Waals surface area contributed by atoms with Crippen LogP contribution in [0.3, 0.4) is 0 Å². The zero-order chi connectivity index (χ0) is 18.2. The maximum Gasteiger partial charge on any atom is 0.263 e. The highest BCUT2D eigenvalue weighted by Crippen LogP contribution is 2.38. The van der Waals surface area contributed by atoms with Crippen LogP contribution in [0.1, 0.15) is 49.3 Å². The largest absolute Gasteiger partial charge is 0.480 e. The number of benzene rings is 1. The van der Waals surface area contributed by atoms with Gasteiger partial charge < -0.3 is 9.64 Å². The van der Waals surface area contributed by atoms with E-state index in [1.165, 1.54) is 18.4 Å². The number of likely N-dealkylation sites (tertiary alicyclic amines) is 1. The summed E-state index contributed by atoms with van der Waals surface area (Å²) in [4.78, 5) is 14.9. The van der Waals surface area contributed by atoms with Crippen LogP contribution in [0, 0.1) is 5.92 Å². The maximum atomic E-state index is 12.9. The number of rotatable bonds is 4. The van der Waals surface area contributed by atoms with E-state index < -0.39 is 0 Å². The van der Waals surface area contributed by atoms with Gasteiger partial charge in [0.25, 0.3) is 5.91 Å². The fraction of sp³-hybridized carbons (Fsp3) is 0.571. The predicted molar refractivity (Wildman–Crippen MR) is 100 cm³/mol. The quantitative estimate of drug-likeness (QED) is 0.835. The number of ether oxygens (including phenoxy) is 1. The number of nitrogens with zero attached hydrogens (tertiary/aromatic N) is 4. The number of para-hydroxylation sites is 1. The molecule has 0 spiro atoms. The van der Waals surface area contributed by atoms with Crippen LogP contribution in [0.2, 0.25) is 0 Å². The van der Waals surface area contributed by atoms with Crippen LogP contribution in [-0.2, 0) is 17.8 Å². The molecule has 6 nitrogen and oxygen atoms in total. The molecular weight excluding hydrogens is 340 g/mol. The second kappa shape index (κ2) is 6.98. The van der Waals surface area contributed by atoms with E-state index in [1.54, 1.807) is 0 Å². The summed E-state index contributed by atoms with van der Waals surface area (Å²) in [5.74, 6) is 2.24. The number of amides is 1. The van der Waals surface area contributed by atoms with E-state index in [1.807, 2.05) is 27.8 Å². The standard InChI is InChI=1S/C21H26N4O2/c26-21(20-8-7-17-3-1-2-4-19(17)27-20)24-11-9-15(10-12-24)13-25-14-18(22-23-25)16-5-6-16/h1-4,14-16,20H,5-13H2/t20-/m1/s1. The van der Waals surface area contributed by atoms with E-state index in [0.717, 1.165) is 56.8 Å². The van der Waals surface area contributed by atoms with Crippen molar-refractivity contribution in [3.63, 3.8) is 0 Å². The van der Waals surface area contributed by atoms with Gasteiger partial charge >= 0.3 is 0 Å². The molecule has 3 heterocycles. The molecule has 0 radical (unpaired) electrons. The maximum absolute atomic E-state index is 12.9. The summed E-state index contributed by atoms with van der Waals surface area (Å²) in [6.45, 7) is 2.54. The molecule has 0 unspecified atom stereocenters. The molecule has 1 saturated carbocycles. The van der Waals surface area contributed by atoms with E-state index in [2.05, 4.69) is 22.6 Å². The summed E-state index contributed by atoms with van der Waals surface area (Å²) in [5.41, 5.74) is 2.36. The summed E-state index contributed by atoms with van der Waals surface area (Å²) < 4.78 is 7.98. The summed E-state index contributed by atoms with van der Waals surface area (Å²) in [7, 11) is 0. The Morgan fingerprint density at radius 1 is 1.11 bits per heavy atom. The average molecular weight is 366 g/mol. The average Bonchev–Trinajstić information content (AvgIpc) is 3.47. The van der Waals surface area contributed by atoms with E-state index in [0.29, 0.717) is 11.8 Å². The van der Waals surface area contributed by atoms with Crippen LogP contribution >= 0.6 is 0 Å². The highest BCUT2D eigenvalue weighted by molar-refractivity contribution is 5.81. The minimum Gasteiger partial charge on any atom is -0.480 e. The number of carbonyl (C=O) groups excluding carboxylic acids is 1. The van der Waals surface area contributed by atoms with Crippen molar-refractivity contribution in [1.82, 2.24) is 19.9 Å². The Bertz CT molecular complexity index is 821. The topological polar surface area (TPSA) is 60.2 Å². The molecule has 3 aliphatic rings. The molecule has 2 fully saturated rings. The molecule has 2 aliphatic heterocycles. The van der Waals surface area contributed by atoms with Crippen LogP contribution in [0.25, 0.3) is 0 Å². The first-order chi connectivity index (χ1) is 13.3. The van der Waals surface area contributed by atoms with Crippen molar-refractivity contribution in [3.05, 3.63) is 41.7 Å². The van der Waals surface area contributed by atoms with E-state index in [4.69, 9.17) is 4.74 Å². The summed E-state index contributed by atoms with van der Waals surface area (Å²) in [6.07, 6.45) is 8.04. The first-order valence-electron chi connectivity index (χ1n) is 10.2. The summed E-state index contributed by atoms with van der Waals surface area (Å²) in [6, 6.07) is 8.04. The third-order valence-corrected chi connectivity index (χ3v) is 6.12. The second-order valence-corrected chi connectivity index (χ2v) is 8.16. The lowest BCUT2D eigenvalue weighted by atomic mass is 9.95. The van der Waals surface area contributed by atoms with Crippen LogP contribution in [-0.4, -0.2) is 45.0 Å².